The van der Waals surface area contributed by atoms with Gasteiger partial charge in [-0.05, 0) is 42.6 Å². The molecule has 0 unspecified atom stereocenters. The van der Waals surface area contributed by atoms with E-state index < -0.39 is 8.32 Å². The maximum absolute atomic E-state index is 12.9. The molecule has 0 saturated heterocycles. The number of carbonyl (C=O) groups is 1. The van der Waals surface area contributed by atoms with Crippen LogP contribution < -0.4 is 0 Å². The summed E-state index contributed by atoms with van der Waals surface area (Å²) in [5, 5.41) is 1.40. The molecule has 3 nitrogen and oxygen atoms in total. The summed E-state index contributed by atoms with van der Waals surface area (Å²) in [5.41, 5.74) is 2.25. The van der Waals surface area contributed by atoms with E-state index in [1.165, 1.54) is 36.6 Å². The molecule has 2 aromatic rings. The zero-order valence-corrected chi connectivity index (χ0v) is 20.5. The fourth-order valence-electron chi connectivity index (χ4n) is 3.47. The molecule has 0 aliphatic carbocycles. The molecule has 29 heavy (non-hydrogen) atoms. The zero-order chi connectivity index (χ0) is 21.5. The molecule has 2 rings (SSSR count). The maximum atomic E-state index is 12.9. The molecule has 0 aliphatic rings. The summed E-state index contributed by atoms with van der Waals surface area (Å²) in [4.78, 5) is 12.9. The van der Waals surface area contributed by atoms with Crippen LogP contribution in [0.15, 0.2) is 30.5 Å². The van der Waals surface area contributed by atoms with Gasteiger partial charge in [0, 0.05) is 24.6 Å². The van der Waals surface area contributed by atoms with Crippen LogP contribution in [0.2, 0.25) is 18.1 Å². The van der Waals surface area contributed by atoms with Crippen LogP contribution >= 0.6 is 0 Å². The molecule has 0 amide bonds. The van der Waals surface area contributed by atoms with E-state index in [0.29, 0.717) is 6.42 Å². The van der Waals surface area contributed by atoms with E-state index in [9.17, 15) is 4.79 Å². The average Bonchev–Trinajstić information content (AvgIpc) is 3.02. The lowest BCUT2D eigenvalue weighted by atomic mass is 10.1. The van der Waals surface area contributed by atoms with E-state index in [0.717, 1.165) is 31.4 Å². The highest BCUT2D eigenvalue weighted by molar-refractivity contribution is 6.74. The van der Waals surface area contributed by atoms with E-state index in [1.54, 1.807) is 0 Å². The molecular formula is C25H41NO2Si. The molecule has 0 aliphatic heterocycles. The summed E-state index contributed by atoms with van der Waals surface area (Å²) >= 11 is 0. The minimum absolute atomic E-state index is 0.216. The van der Waals surface area contributed by atoms with E-state index in [2.05, 4.69) is 65.2 Å². The second-order valence-corrected chi connectivity index (χ2v) is 14.6. The lowest BCUT2D eigenvalue weighted by molar-refractivity contribution is 0.0904. The van der Waals surface area contributed by atoms with Gasteiger partial charge in [-0.1, -0.05) is 78.0 Å². The van der Waals surface area contributed by atoms with E-state index in [-0.39, 0.29) is 10.9 Å². The van der Waals surface area contributed by atoms with Gasteiger partial charge in [0.15, 0.2) is 8.32 Å². The smallest absolute Gasteiger partial charge is 0.231 e. The van der Waals surface area contributed by atoms with Crippen molar-refractivity contribution < 1.29 is 9.22 Å². The van der Waals surface area contributed by atoms with Crippen molar-refractivity contribution in [2.45, 2.75) is 97.2 Å². The van der Waals surface area contributed by atoms with Crippen LogP contribution in [0.25, 0.3) is 10.9 Å². The molecule has 1 aromatic heterocycles. The maximum Gasteiger partial charge on any atom is 0.231 e. The largest absolute Gasteiger partial charge is 0.416 e. The van der Waals surface area contributed by atoms with Gasteiger partial charge < -0.3 is 4.43 Å². The van der Waals surface area contributed by atoms with Crippen LogP contribution in [0.3, 0.4) is 0 Å². The molecule has 4 heteroatoms. The minimum atomic E-state index is -1.75. The third kappa shape index (κ3) is 6.55. The van der Waals surface area contributed by atoms with Gasteiger partial charge in [-0.3, -0.25) is 9.36 Å². The first kappa shape index (κ1) is 23.9. The summed E-state index contributed by atoms with van der Waals surface area (Å²) in [6.07, 6.45) is 10.8. The van der Waals surface area contributed by atoms with Gasteiger partial charge in [0.05, 0.1) is 5.52 Å². The lowest BCUT2D eigenvalue weighted by Crippen LogP contribution is -2.41. The molecule has 0 fully saturated rings. The number of carbonyl (C=O) groups excluding carboxylic acids is 1. The van der Waals surface area contributed by atoms with Gasteiger partial charge in [0.1, 0.15) is 0 Å². The van der Waals surface area contributed by atoms with Gasteiger partial charge in [-0.25, -0.2) is 0 Å². The number of rotatable bonds is 11. The third-order valence-corrected chi connectivity index (χ3v) is 11.0. The number of fused-ring (bicyclic) bond motifs is 1. The van der Waals surface area contributed by atoms with Gasteiger partial charge in [-0.2, -0.15) is 0 Å². The van der Waals surface area contributed by atoms with Crippen molar-refractivity contribution in [2.75, 3.05) is 6.61 Å². The lowest BCUT2D eigenvalue weighted by Gasteiger charge is -2.36. The van der Waals surface area contributed by atoms with Gasteiger partial charge in [-0.15, -0.1) is 0 Å². The Morgan fingerprint density at radius 3 is 2.38 bits per heavy atom. The molecule has 1 aromatic carbocycles. The van der Waals surface area contributed by atoms with Gasteiger partial charge >= 0.3 is 0 Å². The van der Waals surface area contributed by atoms with Crippen molar-refractivity contribution in [3.63, 3.8) is 0 Å². The molecule has 0 bridgehead atoms. The van der Waals surface area contributed by atoms with Crippen LogP contribution in [0.4, 0.5) is 0 Å². The third-order valence-electron chi connectivity index (χ3n) is 6.45. The summed E-state index contributed by atoms with van der Waals surface area (Å²) < 4.78 is 8.25. The molecule has 162 valence electrons. The Morgan fingerprint density at radius 1 is 1.03 bits per heavy atom. The van der Waals surface area contributed by atoms with Crippen molar-refractivity contribution in [1.29, 1.82) is 0 Å². The molecule has 0 radical (unpaired) electrons. The number of aromatic nitrogens is 1. The second kappa shape index (κ2) is 10.6. The number of benzene rings is 1. The predicted molar refractivity (Wildman–Crippen MR) is 127 cm³/mol. The number of hydrogen-bond donors (Lipinski definition) is 0. The highest BCUT2D eigenvalue weighted by Gasteiger charge is 2.36. The topological polar surface area (TPSA) is 31.2 Å². The number of hydrogen-bond acceptors (Lipinski definition) is 2. The van der Waals surface area contributed by atoms with Crippen molar-refractivity contribution in [3.05, 3.63) is 36.0 Å². The Labute approximate surface area is 179 Å². The van der Waals surface area contributed by atoms with Crippen LogP contribution in [0, 0.1) is 0 Å². The first-order chi connectivity index (χ1) is 13.7. The van der Waals surface area contributed by atoms with E-state index in [4.69, 9.17) is 4.43 Å². The molecular weight excluding hydrogens is 374 g/mol. The van der Waals surface area contributed by atoms with Crippen molar-refractivity contribution in [3.8, 4) is 0 Å². The first-order valence-electron chi connectivity index (χ1n) is 11.4. The summed E-state index contributed by atoms with van der Waals surface area (Å²) in [6.45, 7) is 14.3. The molecule has 0 N–H and O–H groups in total. The zero-order valence-electron chi connectivity index (χ0n) is 19.5. The summed E-state index contributed by atoms with van der Waals surface area (Å²) in [7, 11) is -1.75. The molecule has 0 spiro atoms. The first-order valence-corrected chi connectivity index (χ1v) is 14.3. The Hall–Kier alpha value is -1.39. The van der Waals surface area contributed by atoms with Crippen LogP contribution in [0.5, 0.6) is 0 Å². The Morgan fingerprint density at radius 2 is 1.69 bits per heavy atom. The second-order valence-electron chi connectivity index (χ2n) is 9.81. The van der Waals surface area contributed by atoms with Gasteiger partial charge in [0.25, 0.3) is 0 Å². The van der Waals surface area contributed by atoms with Crippen molar-refractivity contribution in [2.24, 2.45) is 0 Å². The average molecular weight is 416 g/mol. The van der Waals surface area contributed by atoms with Gasteiger partial charge in [0.2, 0.25) is 5.91 Å². The minimum Gasteiger partial charge on any atom is -0.416 e. The standard InChI is InChI=1S/C25H41NO2Si/c1-7-8-9-10-11-12-17-24(27)26-20-21(22-15-13-14-16-23(22)26)18-19-28-29(5,6)25(2,3)4/h13-16,20H,7-12,17-19H2,1-6H3. The molecule has 0 saturated carbocycles. The number of nitrogens with zero attached hydrogens (tertiary/aromatic N) is 1. The van der Waals surface area contributed by atoms with Crippen LogP contribution in [-0.4, -0.2) is 25.4 Å². The van der Waals surface area contributed by atoms with Crippen molar-refractivity contribution in [1.82, 2.24) is 4.57 Å². The van der Waals surface area contributed by atoms with E-state index in [1.807, 2.05) is 10.6 Å². The van der Waals surface area contributed by atoms with Crippen LogP contribution in [0.1, 0.15) is 83.0 Å². The predicted octanol–water partition coefficient (Wildman–Crippen LogP) is 7.60. The highest BCUT2D eigenvalue weighted by atomic mass is 28.4. The Bertz CT molecular complexity index is 786. The normalized spacial score (nSPS) is 12.6. The van der Waals surface area contributed by atoms with Crippen molar-refractivity contribution >= 4 is 25.1 Å². The quantitative estimate of drug-likeness (QED) is 0.279. The molecule has 0 atom stereocenters. The Kier molecular flexibility index (Phi) is 8.71. The molecule has 1 heterocycles. The fourth-order valence-corrected chi connectivity index (χ4v) is 4.51. The fraction of sp³-hybridized carbons (Fsp3) is 0.640. The highest BCUT2D eigenvalue weighted by Crippen LogP contribution is 2.36. The van der Waals surface area contributed by atoms with E-state index >= 15 is 0 Å². The Balaban J connectivity index is 2.01. The van der Waals surface area contributed by atoms with Crippen LogP contribution in [-0.2, 0) is 10.8 Å². The summed E-state index contributed by atoms with van der Waals surface area (Å²) in [5.74, 6) is 0.216. The monoisotopic (exact) mass is 415 g/mol. The number of unbranched alkanes of at least 4 members (excludes halogenated alkanes) is 5. The number of para-hydroxylation sites is 1. The summed E-state index contributed by atoms with van der Waals surface area (Å²) in [6, 6.07) is 8.27. The SMILES string of the molecule is CCCCCCCCC(=O)n1cc(CCO[Si](C)(C)C(C)(C)C)c2ccccc21.